The summed E-state index contributed by atoms with van der Waals surface area (Å²) in [6, 6.07) is 2.06. The summed E-state index contributed by atoms with van der Waals surface area (Å²) in [5.74, 6) is 0.128. The molecule has 0 unspecified atom stereocenters. The molecule has 0 aliphatic carbocycles. The van der Waals surface area contributed by atoms with Crippen molar-refractivity contribution in [2.75, 3.05) is 24.1 Å². The number of nitrogens with one attached hydrogen (secondary N) is 2. The summed E-state index contributed by atoms with van der Waals surface area (Å²) >= 11 is 2.94. The molecule has 2 aromatic heterocycles. The minimum Gasteiger partial charge on any atom is -0.382 e. The van der Waals surface area contributed by atoms with Crippen LogP contribution >= 0.6 is 22.7 Å². The van der Waals surface area contributed by atoms with Gasteiger partial charge in [0, 0.05) is 13.1 Å². The number of hydrogen-bond donors (Lipinski definition) is 3. The van der Waals surface area contributed by atoms with E-state index in [1.165, 1.54) is 16.9 Å². The van der Waals surface area contributed by atoms with Crippen molar-refractivity contribution in [2.24, 2.45) is 0 Å². The van der Waals surface area contributed by atoms with Gasteiger partial charge in [0.2, 0.25) is 0 Å². The van der Waals surface area contributed by atoms with E-state index in [4.69, 9.17) is 5.73 Å². The zero-order valence-electron chi connectivity index (χ0n) is 10.6. The van der Waals surface area contributed by atoms with Gasteiger partial charge in [-0.3, -0.25) is 4.79 Å². The second-order valence-electron chi connectivity index (χ2n) is 3.90. The molecular weight excluding hydrogens is 280 g/mol. The number of nitrogen functional groups attached to an aromatic ring is 1. The monoisotopic (exact) mass is 296 g/mol. The van der Waals surface area contributed by atoms with Crippen molar-refractivity contribution < 1.29 is 4.79 Å². The van der Waals surface area contributed by atoms with Crippen molar-refractivity contribution in [3.63, 3.8) is 0 Å². The lowest BCUT2D eigenvalue weighted by Gasteiger charge is -2.02. The topological polar surface area (TPSA) is 80.0 Å². The van der Waals surface area contributed by atoms with Gasteiger partial charge >= 0.3 is 0 Å². The molecule has 0 atom stereocenters. The van der Waals surface area contributed by atoms with Crippen LogP contribution in [0.2, 0.25) is 0 Å². The van der Waals surface area contributed by atoms with Gasteiger partial charge in [0.15, 0.2) is 5.13 Å². The van der Waals surface area contributed by atoms with Crippen molar-refractivity contribution in [1.29, 1.82) is 0 Å². The number of aromatic nitrogens is 1. The third kappa shape index (κ3) is 3.68. The molecule has 0 saturated heterocycles. The zero-order valence-corrected chi connectivity index (χ0v) is 12.2. The summed E-state index contributed by atoms with van der Waals surface area (Å²) in [5.41, 5.74) is 6.97. The fraction of sp³-hybridized carbons (Fsp3) is 0.333. The van der Waals surface area contributed by atoms with Crippen LogP contribution in [-0.2, 0) is 6.42 Å². The molecule has 0 aromatic carbocycles. The lowest BCUT2D eigenvalue weighted by Crippen LogP contribution is -2.25. The molecule has 7 heteroatoms. The predicted molar refractivity (Wildman–Crippen MR) is 81.0 cm³/mol. The van der Waals surface area contributed by atoms with E-state index in [-0.39, 0.29) is 11.7 Å². The molecule has 0 aliphatic heterocycles. The molecule has 19 heavy (non-hydrogen) atoms. The standard InChI is InChI=1S/C12H16N4OS2/c1-2-14-12-16-10(13)9(19-12)11(17)15-5-3-8-4-6-18-7-8/h4,6-7H,2-3,5,13H2,1H3,(H,14,16)(H,15,17). The van der Waals surface area contributed by atoms with Crippen LogP contribution in [0.3, 0.4) is 0 Å². The lowest BCUT2D eigenvalue weighted by atomic mass is 10.2. The van der Waals surface area contributed by atoms with Gasteiger partial charge in [-0.25, -0.2) is 4.98 Å². The number of thiazole rings is 1. The number of nitrogens with zero attached hydrogens (tertiary/aromatic N) is 1. The second-order valence-corrected chi connectivity index (χ2v) is 5.68. The summed E-state index contributed by atoms with van der Waals surface area (Å²) in [5, 5.41) is 10.7. The third-order valence-electron chi connectivity index (χ3n) is 2.47. The normalized spacial score (nSPS) is 10.4. The van der Waals surface area contributed by atoms with E-state index in [1.807, 2.05) is 12.3 Å². The Morgan fingerprint density at radius 3 is 3.05 bits per heavy atom. The highest BCUT2D eigenvalue weighted by atomic mass is 32.1. The summed E-state index contributed by atoms with van der Waals surface area (Å²) < 4.78 is 0. The van der Waals surface area contributed by atoms with Crippen molar-refractivity contribution >= 4 is 39.5 Å². The van der Waals surface area contributed by atoms with E-state index < -0.39 is 0 Å². The van der Waals surface area contributed by atoms with Gasteiger partial charge < -0.3 is 16.4 Å². The maximum absolute atomic E-state index is 12.0. The van der Waals surface area contributed by atoms with Gasteiger partial charge in [0.25, 0.3) is 5.91 Å². The molecule has 2 rings (SSSR count). The van der Waals surface area contributed by atoms with Gasteiger partial charge in [-0.1, -0.05) is 11.3 Å². The highest BCUT2D eigenvalue weighted by Gasteiger charge is 2.15. The van der Waals surface area contributed by atoms with Crippen LogP contribution in [0.1, 0.15) is 22.2 Å². The number of amides is 1. The fourth-order valence-electron chi connectivity index (χ4n) is 1.56. The maximum atomic E-state index is 12.0. The molecule has 102 valence electrons. The average Bonchev–Trinajstić information content (AvgIpc) is 2.99. The number of anilines is 2. The Bertz CT molecular complexity index is 536. The number of rotatable bonds is 6. The summed E-state index contributed by atoms with van der Waals surface area (Å²) in [7, 11) is 0. The molecule has 0 spiro atoms. The first kappa shape index (κ1) is 13.8. The van der Waals surface area contributed by atoms with Crippen LogP contribution in [0.4, 0.5) is 10.9 Å². The number of carbonyl (C=O) groups excluding carboxylic acids is 1. The van der Waals surface area contributed by atoms with Crippen LogP contribution in [-0.4, -0.2) is 24.0 Å². The summed E-state index contributed by atoms with van der Waals surface area (Å²) in [6.07, 6.45) is 0.827. The van der Waals surface area contributed by atoms with E-state index in [2.05, 4.69) is 27.1 Å². The molecule has 4 N–H and O–H groups in total. The molecule has 0 bridgehead atoms. The first-order valence-corrected chi connectivity index (χ1v) is 7.76. The maximum Gasteiger partial charge on any atom is 0.265 e. The number of carbonyl (C=O) groups is 1. The molecular formula is C12H16N4OS2. The van der Waals surface area contributed by atoms with Crippen molar-refractivity contribution in [3.05, 3.63) is 27.3 Å². The Kier molecular flexibility index (Phi) is 4.75. The molecule has 0 aliphatic rings. The highest BCUT2D eigenvalue weighted by molar-refractivity contribution is 7.18. The predicted octanol–water partition coefficient (Wildman–Crippen LogP) is 2.19. The Morgan fingerprint density at radius 2 is 2.37 bits per heavy atom. The minimum atomic E-state index is -0.158. The lowest BCUT2D eigenvalue weighted by molar-refractivity contribution is 0.0959. The van der Waals surface area contributed by atoms with Gasteiger partial charge in [0.05, 0.1) is 0 Å². The number of hydrogen-bond acceptors (Lipinski definition) is 6. The molecule has 0 saturated carbocycles. The Labute approximate surface area is 119 Å². The van der Waals surface area contributed by atoms with E-state index in [0.717, 1.165) is 13.0 Å². The Balaban J connectivity index is 1.88. The molecule has 0 fully saturated rings. The second kappa shape index (κ2) is 6.53. The van der Waals surface area contributed by atoms with Gasteiger partial charge in [-0.05, 0) is 35.7 Å². The molecule has 2 aromatic rings. The quantitative estimate of drug-likeness (QED) is 0.763. The van der Waals surface area contributed by atoms with E-state index in [0.29, 0.717) is 16.6 Å². The Hall–Kier alpha value is -1.60. The van der Waals surface area contributed by atoms with Crippen molar-refractivity contribution in [3.8, 4) is 0 Å². The first-order valence-electron chi connectivity index (χ1n) is 6.00. The van der Waals surface area contributed by atoms with Gasteiger partial charge in [0.1, 0.15) is 10.7 Å². The smallest absolute Gasteiger partial charge is 0.265 e. The first-order chi connectivity index (χ1) is 9.20. The number of nitrogens with two attached hydrogens (primary N) is 1. The van der Waals surface area contributed by atoms with E-state index in [9.17, 15) is 4.79 Å². The number of thiophene rings is 1. The van der Waals surface area contributed by atoms with Crippen LogP contribution in [0.15, 0.2) is 16.8 Å². The van der Waals surface area contributed by atoms with E-state index in [1.54, 1.807) is 11.3 Å². The van der Waals surface area contributed by atoms with Crippen LogP contribution < -0.4 is 16.4 Å². The van der Waals surface area contributed by atoms with Crippen LogP contribution in [0.5, 0.6) is 0 Å². The van der Waals surface area contributed by atoms with Gasteiger partial charge in [-0.15, -0.1) is 0 Å². The zero-order chi connectivity index (χ0) is 13.7. The van der Waals surface area contributed by atoms with E-state index >= 15 is 0 Å². The molecule has 5 nitrogen and oxygen atoms in total. The Morgan fingerprint density at radius 1 is 1.53 bits per heavy atom. The fourth-order valence-corrected chi connectivity index (χ4v) is 3.13. The minimum absolute atomic E-state index is 0.158. The van der Waals surface area contributed by atoms with Gasteiger partial charge in [-0.2, -0.15) is 11.3 Å². The highest BCUT2D eigenvalue weighted by Crippen LogP contribution is 2.24. The molecule has 1 amide bonds. The molecule has 0 radical (unpaired) electrons. The van der Waals surface area contributed by atoms with Crippen molar-refractivity contribution in [1.82, 2.24) is 10.3 Å². The largest absolute Gasteiger partial charge is 0.382 e. The summed E-state index contributed by atoms with van der Waals surface area (Å²) in [4.78, 5) is 16.5. The summed E-state index contributed by atoms with van der Waals surface area (Å²) in [6.45, 7) is 3.33. The molecule has 2 heterocycles. The third-order valence-corrected chi connectivity index (χ3v) is 4.23. The van der Waals surface area contributed by atoms with Crippen molar-refractivity contribution in [2.45, 2.75) is 13.3 Å². The van der Waals surface area contributed by atoms with Crippen LogP contribution in [0.25, 0.3) is 0 Å². The average molecular weight is 296 g/mol. The SMILES string of the molecule is CCNc1nc(N)c(C(=O)NCCc2ccsc2)s1. The van der Waals surface area contributed by atoms with Crippen LogP contribution in [0, 0.1) is 0 Å².